The van der Waals surface area contributed by atoms with Crippen molar-refractivity contribution in [3.63, 3.8) is 0 Å². The van der Waals surface area contributed by atoms with Crippen molar-refractivity contribution in [2.45, 2.75) is 38.6 Å². The van der Waals surface area contributed by atoms with E-state index in [0.29, 0.717) is 6.54 Å². The summed E-state index contributed by atoms with van der Waals surface area (Å²) in [5.41, 5.74) is 6.48. The Balaban J connectivity index is 2.11. The van der Waals surface area contributed by atoms with Crippen molar-refractivity contribution in [2.75, 3.05) is 13.7 Å². The van der Waals surface area contributed by atoms with Gasteiger partial charge in [-0.2, -0.15) is 0 Å². The number of amides is 1. The highest BCUT2D eigenvalue weighted by molar-refractivity contribution is 5.83. The van der Waals surface area contributed by atoms with E-state index in [9.17, 15) is 4.79 Å². The number of nitrogens with one attached hydrogen (secondary N) is 1. The van der Waals surface area contributed by atoms with Gasteiger partial charge in [0.2, 0.25) is 5.91 Å². The molecule has 1 atom stereocenters. The van der Waals surface area contributed by atoms with Gasteiger partial charge >= 0.3 is 0 Å². The van der Waals surface area contributed by atoms with E-state index in [1.807, 2.05) is 31.2 Å². The van der Waals surface area contributed by atoms with Crippen molar-refractivity contribution in [3.8, 4) is 5.75 Å². The zero-order chi connectivity index (χ0) is 14.6. The zero-order valence-electron chi connectivity index (χ0n) is 12.3. The van der Waals surface area contributed by atoms with Gasteiger partial charge in [0, 0.05) is 12.1 Å². The molecule has 1 fully saturated rings. The van der Waals surface area contributed by atoms with Gasteiger partial charge in [0.05, 0.1) is 18.6 Å². The van der Waals surface area contributed by atoms with Gasteiger partial charge in [0.15, 0.2) is 0 Å². The summed E-state index contributed by atoms with van der Waals surface area (Å²) in [6.07, 6.45) is 3.98. The molecule has 1 aromatic carbocycles. The Kier molecular flexibility index (Phi) is 4.65. The average molecular weight is 276 g/mol. The van der Waals surface area contributed by atoms with E-state index in [1.54, 1.807) is 7.11 Å². The Morgan fingerprint density at radius 2 is 2.05 bits per heavy atom. The fraction of sp³-hybridized carbons (Fsp3) is 0.562. The maximum atomic E-state index is 12.5. The van der Waals surface area contributed by atoms with E-state index in [4.69, 9.17) is 10.5 Å². The Morgan fingerprint density at radius 3 is 2.65 bits per heavy atom. The van der Waals surface area contributed by atoms with E-state index in [-0.39, 0.29) is 17.4 Å². The van der Waals surface area contributed by atoms with Crippen molar-refractivity contribution >= 4 is 5.91 Å². The second-order valence-electron chi connectivity index (χ2n) is 5.63. The summed E-state index contributed by atoms with van der Waals surface area (Å²) in [5.74, 6) is 0.879. The number of rotatable bonds is 5. The highest BCUT2D eigenvalue weighted by Crippen LogP contribution is 2.38. The van der Waals surface area contributed by atoms with Crippen LogP contribution < -0.4 is 15.8 Å². The van der Waals surface area contributed by atoms with Gasteiger partial charge in [-0.15, -0.1) is 0 Å². The van der Waals surface area contributed by atoms with Gasteiger partial charge < -0.3 is 15.8 Å². The van der Waals surface area contributed by atoms with Crippen molar-refractivity contribution in [3.05, 3.63) is 29.8 Å². The second-order valence-corrected chi connectivity index (χ2v) is 5.63. The summed E-state index contributed by atoms with van der Waals surface area (Å²) < 4.78 is 5.35. The fourth-order valence-electron chi connectivity index (χ4n) is 3.03. The third kappa shape index (κ3) is 2.80. The number of nitrogens with two attached hydrogens (primary N) is 1. The SMILES string of the molecule is COc1ccccc1C(C)NC(=O)C1(CN)CCCC1. The van der Waals surface area contributed by atoms with Crippen molar-refractivity contribution in [2.24, 2.45) is 11.1 Å². The molecule has 0 spiro atoms. The first-order chi connectivity index (χ1) is 9.63. The predicted octanol–water partition coefficient (Wildman–Crippen LogP) is 2.39. The number of methoxy groups -OCH3 is 1. The minimum absolute atomic E-state index is 0.0795. The number of benzene rings is 1. The molecule has 1 unspecified atom stereocenters. The Labute approximate surface area is 120 Å². The summed E-state index contributed by atoms with van der Waals surface area (Å²) in [5, 5.41) is 3.11. The van der Waals surface area contributed by atoms with Crippen LogP contribution in [0, 0.1) is 5.41 Å². The maximum Gasteiger partial charge on any atom is 0.227 e. The Morgan fingerprint density at radius 1 is 1.40 bits per heavy atom. The molecule has 1 aliphatic rings. The lowest BCUT2D eigenvalue weighted by Gasteiger charge is -2.28. The molecule has 110 valence electrons. The molecule has 4 heteroatoms. The minimum Gasteiger partial charge on any atom is -0.496 e. The number of carbonyl (C=O) groups is 1. The molecular weight excluding hydrogens is 252 g/mol. The van der Waals surface area contributed by atoms with Gasteiger partial charge in [0.1, 0.15) is 5.75 Å². The second kappa shape index (κ2) is 6.27. The first kappa shape index (κ1) is 14.9. The van der Waals surface area contributed by atoms with E-state index in [2.05, 4.69) is 5.32 Å². The van der Waals surface area contributed by atoms with E-state index >= 15 is 0 Å². The summed E-state index contributed by atoms with van der Waals surface area (Å²) >= 11 is 0. The number of para-hydroxylation sites is 1. The van der Waals surface area contributed by atoms with Crippen LogP contribution in [0.1, 0.15) is 44.2 Å². The maximum absolute atomic E-state index is 12.5. The molecule has 0 heterocycles. The van der Waals surface area contributed by atoms with Crippen LogP contribution in [0.3, 0.4) is 0 Å². The van der Waals surface area contributed by atoms with Crippen LogP contribution in [-0.4, -0.2) is 19.6 Å². The van der Waals surface area contributed by atoms with Gasteiger partial charge in [-0.3, -0.25) is 4.79 Å². The molecule has 0 radical (unpaired) electrons. The third-order valence-electron chi connectivity index (χ3n) is 4.39. The number of hydrogen-bond donors (Lipinski definition) is 2. The summed E-state index contributed by atoms with van der Waals surface area (Å²) in [6.45, 7) is 2.41. The standard InChI is InChI=1S/C16H24N2O2/c1-12(13-7-3-4-8-14(13)20-2)18-15(19)16(11-17)9-5-6-10-16/h3-4,7-8,12H,5-6,9-11,17H2,1-2H3,(H,18,19). The third-order valence-corrected chi connectivity index (χ3v) is 4.39. The monoisotopic (exact) mass is 276 g/mol. The number of carbonyl (C=O) groups excluding carboxylic acids is 1. The van der Waals surface area contributed by atoms with Crippen molar-refractivity contribution < 1.29 is 9.53 Å². The van der Waals surface area contributed by atoms with Gasteiger partial charge in [-0.25, -0.2) is 0 Å². The van der Waals surface area contributed by atoms with Gasteiger partial charge in [-0.05, 0) is 25.8 Å². The summed E-state index contributed by atoms with van der Waals surface area (Å²) in [7, 11) is 1.64. The first-order valence-corrected chi connectivity index (χ1v) is 7.27. The van der Waals surface area contributed by atoms with Crippen LogP contribution in [-0.2, 0) is 4.79 Å². The lowest BCUT2D eigenvalue weighted by atomic mass is 9.85. The predicted molar refractivity (Wildman–Crippen MR) is 79.5 cm³/mol. The molecule has 0 saturated heterocycles. The van der Waals surface area contributed by atoms with E-state index in [1.165, 1.54) is 0 Å². The lowest BCUT2D eigenvalue weighted by molar-refractivity contribution is -0.131. The van der Waals surface area contributed by atoms with Crippen LogP contribution >= 0.6 is 0 Å². The number of hydrogen-bond acceptors (Lipinski definition) is 3. The first-order valence-electron chi connectivity index (χ1n) is 7.27. The van der Waals surface area contributed by atoms with E-state index < -0.39 is 0 Å². The molecule has 0 aromatic heterocycles. The van der Waals surface area contributed by atoms with Crippen molar-refractivity contribution in [1.29, 1.82) is 0 Å². The fourth-order valence-corrected chi connectivity index (χ4v) is 3.03. The molecule has 3 N–H and O–H groups in total. The van der Waals surface area contributed by atoms with Crippen LogP contribution in [0.25, 0.3) is 0 Å². The molecule has 1 saturated carbocycles. The topological polar surface area (TPSA) is 64.3 Å². The molecule has 1 amide bonds. The Bertz CT molecular complexity index is 467. The molecule has 1 aromatic rings. The molecule has 0 bridgehead atoms. The zero-order valence-corrected chi connectivity index (χ0v) is 12.3. The largest absolute Gasteiger partial charge is 0.496 e. The summed E-state index contributed by atoms with van der Waals surface area (Å²) in [6, 6.07) is 7.69. The average Bonchev–Trinajstić information content (AvgIpc) is 2.97. The smallest absolute Gasteiger partial charge is 0.227 e. The highest BCUT2D eigenvalue weighted by atomic mass is 16.5. The quantitative estimate of drug-likeness (QED) is 0.868. The molecule has 4 nitrogen and oxygen atoms in total. The van der Waals surface area contributed by atoms with Gasteiger partial charge in [-0.1, -0.05) is 31.0 Å². The molecule has 2 rings (SSSR count). The minimum atomic E-state index is -0.365. The van der Waals surface area contributed by atoms with Gasteiger partial charge in [0.25, 0.3) is 0 Å². The van der Waals surface area contributed by atoms with Crippen LogP contribution in [0.15, 0.2) is 24.3 Å². The lowest BCUT2D eigenvalue weighted by Crippen LogP contribution is -2.45. The van der Waals surface area contributed by atoms with Crippen LogP contribution in [0.5, 0.6) is 5.75 Å². The highest BCUT2D eigenvalue weighted by Gasteiger charge is 2.40. The molecule has 1 aliphatic carbocycles. The summed E-state index contributed by atoms with van der Waals surface area (Å²) in [4.78, 5) is 12.5. The van der Waals surface area contributed by atoms with E-state index in [0.717, 1.165) is 37.0 Å². The normalized spacial score (nSPS) is 18.6. The molecule has 20 heavy (non-hydrogen) atoms. The van der Waals surface area contributed by atoms with Crippen molar-refractivity contribution in [1.82, 2.24) is 5.32 Å². The van der Waals surface area contributed by atoms with Crippen LogP contribution in [0.2, 0.25) is 0 Å². The number of ether oxygens (including phenoxy) is 1. The Hall–Kier alpha value is -1.55. The molecule has 0 aliphatic heterocycles. The van der Waals surface area contributed by atoms with Crippen LogP contribution in [0.4, 0.5) is 0 Å². The molecular formula is C16H24N2O2.